The zero-order valence-electron chi connectivity index (χ0n) is 7.75. The van der Waals surface area contributed by atoms with Crippen LogP contribution in [0.2, 0.25) is 0 Å². The van der Waals surface area contributed by atoms with Crippen molar-refractivity contribution in [1.82, 2.24) is 4.98 Å². The van der Waals surface area contributed by atoms with Crippen LogP contribution in [0.25, 0.3) is 0 Å². The average molecular weight is 198 g/mol. The van der Waals surface area contributed by atoms with E-state index in [1.54, 1.807) is 11.3 Å². The Labute approximate surface area is 81.9 Å². The van der Waals surface area contributed by atoms with Gasteiger partial charge in [-0.25, -0.2) is 4.98 Å². The van der Waals surface area contributed by atoms with Gasteiger partial charge in [-0.05, 0) is 19.8 Å². The summed E-state index contributed by atoms with van der Waals surface area (Å²) in [6, 6.07) is 0. The summed E-state index contributed by atoms with van der Waals surface area (Å²) < 4.78 is 5.56. The Morgan fingerprint density at radius 3 is 3.08 bits per heavy atom. The minimum absolute atomic E-state index is 0.240. The summed E-state index contributed by atoms with van der Waals surface area (Å²) in [6.45, 7) is 3.48. The highest BCUT2D eigenvalue weighted by Gasteiger charge is 2.21. The van der Waals surface area contributed by atoms with Crippen LogP contribution >= 0.6 is 11.3 Å². The van der Waals surface area contributed by atoms with Gasteiger partial charge in [-0.15, -0.1) is 11.3 Å². The molecule has 0 bridgehead atoms. The lowest BCUT2D eigenvalue weighted by Gasteiger charge is -2.03. The molecule has 0 saturated carbocycles. The second kappa shape index (κ2) is 3.74. The molecule has 1 unspecified atom stereocenters. The van der Waals surface area contributed by atoms with E-state index < -0.39 is 0 Å². The fourth-order valence-corrected chi connectivity index (χ4v) is 2.58. The van der Waals surface area contributed by atoms with E-state index in [2.05, 4.69) is 4.98 Å². The molecular formula is C9H14N2OS. The van der Waals surface area contributed by atoms with E-state index in [4.69, 9.17) is 10.5 Å². The van der Waals surface area contributed by atoms with E-state index in [0.717, 1.165) is 30.2 Å². The van der Waals surface area contributed by atoms with Crippen molar-refractivity contribution in [1.29, 1.82) is 0 Å². The van der Waals surface area contributed by atoms with Crippen LogP contribution in [0.3, 0.4) is 0 Å². The van der Waals surface area contributed by atoms with Crippen LogP contribution in [0, 0.1) is 6.92 Å². The standard InChI is InChI=1S/C9H14N2OS/c1-6-8(5-10)13-9(11-6)7-3-2-4-12-7/h7H,2-5,10H2,1H3. The summed E-state index contributed by atoms with van der Waals surface area (Å²) >= 11 is 1.70. The lowest BCUT2D eigenvalue weighted by atomic mass is 10.2. The largest absolute Gasteiger partial charge is 0.371 e. The maximum atomic E-state index is 5.59. The quantitative estimate of drug-likeness (QED) is 0.787. The average Bonchev–Trinajstić information content (AvgIpc) is 2.71. The molecule has 1 fully saturated rings. The molecule has 1 aliphatic heterocycles. The molecule has 0 amide bonds. The molecule has 0 radical (unpaired) electrons. The fraction of sp³-hybridized carbons (Fsp3) is 0.667. The van der Waals surface area contributed by atoms with E-state index in [0.29, 0.717) is 6.54 Å². The molecule has 0 aromatic carbocycles. The number of hydrogen-bond donors (Lipinski definition) is 1. The van der Waals surface area contributed by atoms with Gasteiger partial charge in [-0.2, -0.15) is 0 Å². The van der Waals surface area contributed by atoms with Gasteiger partial charge >= 0.3 is 0 Å². The molecule has 2 N–H and O–H groups in total. The molecule has 1 atom stereocenters. The number of hydrogen-bond acceptors (Lipinski definition) is 4. The first kappa shape index (κ1) is 9.12. The molecule has 3 nitrogen and oxygen atoms in total. The molecule has 1 aromatic heterocycles. The molecule has 0 aliphatic carbocycles. The second-order valence-electron chi connectivity index (χ2n) is 3.27. The zero-order valence-corrected chi connectivity index (χ0v) is 8.56. The topological polar surface area (TPSA) is 48.1 Å². The van der Waals surface area contributed by atoms with Crippen LogP contribution in [-0.4, -0.2) is 11.6 Å². The summed E-state index contributed by atoms with van der Waals surface area (Å²) in [6.07, 6.45) is 2.50. The first-order valence-corrected chi connectivity index (χ1v) is 5.41. The number of ether oxygens (including phenoxy) is 1. The van der Waals surface area contributed by atoms with Crippen LogP contribution in [0.15, 0.2) is 0 Å². The maximum absolute atomic E-state index is 5.59. The number of aromatic nitrogens is 1. The van der Waals surface area contributed by atoms with E-state index in [1.807, 2.05) is 6.92 Å². The smallest absolute Gasteiger partial charge is 0.122 e. The van der Waals surface area contributed by atoms with E-state index in [-0.39, 0.29) is 6.10 Å². The van der Waals surface area contributed by atoms with Gasteiger partial charge in [0.05, 0.1) is 5.69 Å². The Morgan fingerprint density at radius 2 is 2.54 bits per heavy atom. The molecule has 2 rings (SSSR count). The van der Waals surface area contributed by atoms with Crippen molar-refractivity contribution in [3.05, 3.63) is 15.6 Å². The lowest BCUT2D eigenvalue weighted by molar-refractivity contribution is 0.111. The molecule has 0 spiro atoms. The van der Waals surface area contributed by atoms with Crippen LogP contribution in [0.4, 0.5) is 0 Å². The summed E-state index contributed by atoms with van der Waals surface area (Å²) in [5.41, 5.74) is 6.66. The third-order valence-electron chi connectivity index (χ3n) is 2.30. The van der Waals surface area contributed by atoms with Crippen molar-refractivity contribution >= 4 is 11.3 Å². The molecular weight excluding hydrogens is 184 g/mol. The minimum Gasteiger partial charge on any atom is -0.371 e. The van der Waals surface area contributed by atoms with E-state index in [9.17, 15) is 0 Å². The van der Waals surface area contributed by atoms with Gasteiger partial charge in [-0.3, -0.25) is 0 Å². The maximum Gasteiger partial charge on any atom is 0.122 e. The number of aryl methyl sites for hydroxylation is 1. The summed E-state index contributed by atoms with van der Waals surface area (Å²) in [5, 5.41) is 1.11. The van der Waals surface area contributed by atoms with Crippen molar-refractivity contribution in [3.8, 4) is 0 Å². The van der Waals surface area contributed by atoms with Gasteiger partial charge in [0.2, 0.25) is 0 Å². The summed E-state index contributed by atoms with van der Waals surface area (Å²) in [4.78, 5) is 5.66. The number of thiazole rings is 1. The highest BCUT2D eigenvalue weighted by molar-refractivity contribution is 7.11. The van der Waals surface area contributed by atoms with Gasteiger partial charge in [-0.1, -0.05) is 0 Å². The summed E-state index contributed by atoms with van der Waals surface area (Å²) in [5.74, 6) is 0. The third kappa shape index (κ3) is 1.75. The second-order valence-corrected chi connectivity index (χ2v) is 4.38. The van der Waals surface area contributed by atoms with Crippen molar-refractivity contribution in [2.24, 2.45) is 5.73 Å². The van der Waals surface area contributed by atoms with Crippen LogP contribution in [0.5, 0.6) is 0 Å². The molecule has 1 saturated heterocycles. The Bertz CT molecular complexity index is 292. The minimum atomic E-state index is 0.240. The fourth-order valence-electron chi connectivity index (χ4n) is 1.55. The van der Waals surface area contributed by atoms with Gasteiger partial charge < -0.3 is 10.5 Å². The van der Waals surface area contributed by atoms with Gasteiger partial charge in [0, 0.05) is 18.0 Å². The van der Waals surface area contributed by atoms with Crippen LogP contribution in [-0.2, 0) is 11.3 Å². The Morgan fingerprint density at radius 1 is 1.69 bits per heavy atom. The van der Waals surface area contributed by atoms with Crippen LogP contribution in [0.1, 0.15) is 34.5 Å². The lowest BCUT2D eigenvalue weighted by Crippen LogP contribution is -1.94. The monoisotopic (exact) mass is 198 g/mol. The van der Waals surface area contributed by atoms with E-state index in [1.165, 1.54) is 4.88 Å². The first-order valence-electron chi connectivity index (χ1n) is 4.59. The van der Waals surface area contributed by atoms with Gasteiger partial charge in [0.1, 0.15) is 11.1 Å². The Hall–Kier alpha value is -0.450. The highest BCUT2D eigenvalue weighted by atomic mass is 32.1. The number of rotatable bonds is 2. The van der Waals surface area contributed by atoms with Crippen molar-refractivity contribution in [2.45, 2.75) is 32.4 Å². The third-order valence-corrected chi connectivity index (χ3v) is 3.57. The van der Waals surface area contributed by atoms with E-state index >= 15 is 0 Å². The molecule has 4 heteroatoms. The number of nitrogens with two attached hydrogens (primary N) is 1. The zero-order chi connectivity index (χ0) is 9.26. The first-order chi connectivity index (χ1) is 6.31. The summed E-state index contributed by atoms with van der Waals surface area (Å²) in [7, 11) is 0. The Balaban J connectivity index is 2.20. The highest BCUT2D eigenvalue weighted by Crippen LogP contribution is 2.32. The van der Waals surface area contributed by atoms with Gasteiger partial charge in [0.15, 0.2) is 0 Å². The predicted molar refractivity (Wildman–Crippen MR) is 52.7 cm³/mol. The predicted octanol–water partition coefficient (Wildman–Crippen LogP) is 1.76. The normalized spacial score (nSPS) is 22.5. The SMILES string of the molecule is Cc1nc(C2CCCO2)sc1CN. The van der Waals surface area contributed by atoms with Crippen LogP contribution < -0.4 is 5.73 Å². The van der Waals surface area contributed by atoms with Crippen molar-refractivity contribution in [2.75, 3.05) is 6.61 Å². The molecule has 72 valence electrons. The number of nitrogens with zero attached hydrogens (tertiary/aromatic N) is 1. The molecule has 2 heterocycles. The van der Waals surface area contributed by atoms with Gasteiger partial charge in [0.25, 0.3) is 0 Å². The molecule has 1 aliphatic rings. The van der Waals surface area contributed by atoms with Crippen molar-refractivity contribution in [3.63, 3.8) is 0 Å². The molecule has 13 heavy (non-hydrogen) atoms. The molecule has 1 aromatic rings. The Kier molecular flexibility index (Phi) is 2.62. The van der Waals surface area contributed by atoms with Crippen molar-refractivity contribution < 1.29 is 4.74 Å².